The highest BCUT2D eigenvalue weighted by molar-refractivity contribution is 7.79. The Balaban J connectivity index is 0. The molecule has 0 saturated carbocycles. The normalized spacial score (nSPS) is 10.7. The van der Waals surface area contributed by atoms with Gasteiger partial charge in [-0.1, -0.05) is 121 Å². The van der Waals surface area contributed by atoms with E-state index in [1.165, 1.54) is 102 Å². The van der Waals surface area contributed by atoms with Crippen molar-refractivity contribution in [3.8, 4) is 0 Å². The van der Waals surface area contributed by atoms with Gasteiger partial charge in [-0.3, -0.25) is 9.11 Å². The minimum Gasteiger partial charge on any atom is -0.344 e. The van der Waals surface area contributed by atoms with Crippen LogP contribution >= 0.6 is 0 Å². The van der Waals surface area contributed by atoms with Crippen LogP contribution in [0.3, 0.4) is 0 Å². The smallest absolute Gasteiger partial charge is 0.344 e. The SMILES string of the molecule is CCCCCCCCCCCCCCCCc1ccccc1.N.O=S(=O)(O)O. The zero-order valence-electron chi connectivity index (χ0n) is 17.8. The van der Waals surface area contributed by atoms with Gasteiger partial charge in [0, 0.05) is 0 Å². The van der Waals surface area contributed by atoms with Gasteiger partial charge in [-0.15, -0.1) is 0 Å². The Morgan fingerprint density at radius 2 is 0.964 bits per heavy atom. The average Bonchev–Trinajstić information content (AvgIpc) is 2.61. The summed E-state index contributed by atoms with van der Waals surface area (Å²) in [6, 6.07) is 10.9. The predicted octanol–water partition coefficient (Wildman–Crippen LogP) is 7.22. The van der Waals surface area contributed by atoms with Crippen LogP contribution in [-0.4, -0.2) is 17.5 Å². The van der Waals surface area contributed by atoms with Gasteiger partial charge >= 0.3 is 10.4 Å². The lowest BCUT2D eigenvalue weighted by Gasteiger charge is -2.03. The Labute approximate surface area is 173 Å². The molecule has 5 nitrogen and oxygen atoms in total. The second-order valence-electron chi connectivity index (χ2n) is 7.28. The zero-order chi connectivity index (χ0) is 20.2. The molecule has 0 aliphatic heterocycles. The third kappa shape index (κ3) is 27.3. The lowest BCUT2D eigenvalue weighted by Crippen LogP contribution is -1.89. The molecule has 28 heavy (non-hydrogen) atoms. The van der Waals surface area contributed by atoms with Crippen molar-refractivity contribution in [2.45, 2.75) is 103 Å². The van der Waals surface area contributed by atoms with E-state index in [1.54, 1.807) is 0 Å². The molecule has 0 aliphatic carbocycles. The number of unbranched alkanes of at least 4 members (excludes halogenated alkanes) is 13. The second-order valence-corrected chi connectivity index (χ2v) is 8.18. The number of hydrogen-bond donors (Lipinski definition) is 3. The molecular weight excluding hydrogens is 374 g/mol. The summed E-state index contributed by atoms with van der Waals surface area (Å²) < 4.78 is 31.6. The van der Waals surface area contributed by atoms with E-state index in [0.717, 1.165) is 0 Å². The highest BCUT2D eigenvalue weighted by atomic mass is 32.3. The molecule has 166 valence electrons. The van der Waals surface area contributed by atoms with Gasteiger partial charge in [-0.25, -0.2) is 0 Å². The molecule has 0 atom stereocenters. The summed E-state index contributed by atoms with van der Waals surface area (Å²) in [6.07, 6.45) is 21.5. The van der Waals surface area contributed by atoms with Gasteiger partial charge in [-0.05, 0) is 18.4 Å². The molecule has 0 fully saturated rings. The minimum atomic E-state index is -4.67. The van der Waals surface area contributed by atoms with Crippen molar-refractivity contribution in [3.63, 3.8) is 0 Å². The number of rotatable bonds is 15. The molecule has 0 spiro atoms. The van der Waals surface area contributed by atoms with Gasteiger partial charge in [0.05, 0.1) is 0 Å². The third-order valence-corrected chi connectivity index (χ3v) is 4.66. The molecular formula is C22H43NO4S. The van der Waals surface area contributed by atoms with Crippen molar-refractivity contribution in [2.24, 2.45) is 0 Å². The molecule has 0 aromatic heterocycles. The molecule has 0 aliphatic rings. The Hall–Kier alpha value is -0.950. The molecule has 0 unspecified atom stereocenters. The van der Waals surface area contributed by atoms with Crippen LogP contribution in [0.2, 0.25) is 0 Å². The molecule has 1 aromatic carbocycles. The third-order valence-electron chi connectivity index (χ3n) is 4.66. The van der Waals surface area contributed by atoms with E-state index < -0.39 is 10.4 Å². The van der Waals surface area contributed by atoms with Gasteiger partial charge in [0.25, 0.3) is 0 Å². The Morgan fingerprint density at radius 3 is 1.32 bits per heavy atom. The molecule has 0 heterocycles. The maximum absolute atomic E-state index is 8.74. The van der Waals surface area contributed by atoms with E-state index in [1.807, 2.05) is 0 Å². The van der Waals surface area contributed by atoms with E-state index in [-0.39, 0.29) is 6.15 Å². The van der Waals surface area contributed by atoms with Crippen molar-refractivity contribution in [1.82, 2.24) is 6.15 Å². The van der Waals surface area contributed by atoms with E-state index in [0.29, 0.717) is 0 Å². The lowest BCUT2D eigenvalue weighted by molar-refractivity contribution is 0.381. The zero-order valence-corrected chi connectivity index (χ0v) is 18.6. The molecule has 0 amide bonds. The summed E-state index contributed by atoms with van der Waals surface area (Å²) in [5.74, 6) is 0. The standard InChI is InChI=1S/C22H38.H3N.H2O4S/c1-2-3-4-5-6-7-8-9-10-11-12-13-14-16-19-22-20-17-15-18-21-22;;1-5(2,3)4/h15,17-18,20-21H,2-14,16,19H2,1H3;1H3;(H2,1,2,3,4). The fourth-order valence-electron chi connectivity index (χ4n) is 3.17. The van der Waals surface area contributed by atoms with Crippen molar-refractivity contribution in [1.29, 1.82) is 0 Å². The summed E-state index contributed by atoms with van der Waals surface area (Å²) in [5.41, 5.74) is 1.50. The van der Waals surface area contributed by atoms with Gasteiger partial charge in [0.15, 0.2) is 0 Å². The van der Waals surface area contributed by atoms with E-state index in [2.05, 4.69) is 37.3 Å². The Kier molecular flexibility index (Phi) is 21.7. The summed E-state index contributed by atoms with van der Waals surface area (Å²) in [5, 5.41) is 0. The van der Waals surface area contributed by atoms with Crippen LogP contribution in [0.25, 0.3) is 0 Å². The fraction of sp³-hybridized carbons (Fsp3) is 0.727. The van der Waals surface area contributed by atoms with Gasteiger partial charge < -0.3 is 6.15 Å². The van der Waals surface area contributed by atoms with Crippen LogP contribution in [0, 0.1) is 0 Å². The van der Waals surface area contributed by atoms with Crippen molar-refractivity contribution < 1.29 is 17.5 Å². The predicted molar refractivity (Wildman–Crippen MR) is 120 cm³/mol. The molecule has 1 rings (SSSR count). The number of aryl methyl sites for hydroxylation is 1. The van der Waals surface area contributed by atoms with Crippen molar-refractivity contribution in [3.05, 3.63) is 35.9 Å². The first-order chi connectivity index (χ1) is 12.9. The maximum Gasteiger partial charge on any atom is 0.394 e. The summed E-state index contributed by atoms with van der Waals surface area (Å²) in [4.78, 5) is 0. The monoisotopic (exact) mass is 417 g/mol. The summed E-state index contributed by atoms with van der Waals surface area (Å²) in [7, 11) is -4.67. The second kappa shape index (κ2) is 20.8. The van der Waals surface area contributed by atoms with Crippen LogP contribution in [0.5, 0.6) is 0 Å². The molecule has 0 bridgehead atoms. The highest BCUT2D eigenvalue weighted by Crippen LogP contribution is 2.13. The van der Waals surface area contributed by atoms with Gasteiger partial charge in [0.1, 0.15) is 0 Å². The first kappa shape index (κ1) is 29.3. The van der Waals surface area contributed by atoms with E-state index in [9.17, 15) is 0 Å². The lowest BCUT2D eigenvalue weighted by atomic mass is 10.0. The first-order valence-corrected chi connectivity index (χ1v) is 12.1. The summed E-state index contributed by atoms with van der Waals surface area (Å²) >= 11 is 0. The number of hydrogen-bond acceptors (Lipinski definition) is 3. The molecule has 6 heteroatoms. The van der Waals surface area contributed by atoms with Crippen molar-refractivity contribution >= 4 is 10.4 Å². The van der Waals surface area contributed by atoms with E-state index in [4.69, 9.17) is 17.5 Å². The van der Waals surface area contributed by atoms with Gasteiger partial charge in [-0.2, -0.15) is 8.42 Å². The maximum atomic E-state index is 8.74. The van der Waals surface area contributed by atoms with Crippen LogP contribution < -0.4 is 6.15 Å². The Bertz CT molecular complexity index is 513. The topological polar surface area (TPSA) is 110 Å². The van der Waals surface area contributed by atoms with Crippen LogP contribution in [0.1, 0.15) is 102 Å². The number of benzene rings is 1. The molecule has 0 radical (unpaired) electrons. The Morgan fingerprint density at radius 1 is 0.643 bits per heavy atom. The highest BCUT2D eigenvalue weighted by Gasteiger charge is 1.95. The largest absolute Gasteiger partial charge is 0.394 e. The first-order valence-electron chi connectivity index (χ1n) is 10.7. The summed E-state index contributed by atoms with van der Waals surface area (Å²) in [6.45, 7) is 2.29. The van der Waals surface area contributed by atoms with Crippen LogP contribution in [-0.2, 0) is 16.8 Å². The average molecular weight is 418 g/mol. The van der Waals surface area contributed by atoms with E-state index >= 15 is 0 Å². The fourth-order valence-corrected chi connectivity index (χ4v) is 3.17. The molecule has 1 aromatic rings. The molecule has 0 saturated heterocycles. The van der Waals surface area contributed by atoms with Crippen LogP contribution in [0.4, 0.5) is 0 Å². The van der Waals surface area contributed by atoms with Gasteiger partial charge in [0.2, 0.25) is 0 Å². The molecule has 5 N–H and O–H groups in total. The van der Waals surface area contributed by atoms with Crippen LogP contribution in [0.15, 0.2) is 30.3 Å². The minimum absolute atomic E-state index is 0. The quantitative estimate of drug-likeness (QED) is 0.206. The van der Waals surface area contributed by atoms with Crippen molar-refractivity contribution in [2.75, 3.05) is 0 Å².